The van der Waals surface area contributed by atoms with E-state index in [4.69, 9.17) is 22.1 Å². The van der Waals surface area contributed by atoms with Crippen LogP contribution in [0.5, 0.6) is 0 Å². The van der Waals surface area contributed by atoms with Crippen molar-refractivity contribution in [3.63, 3.8) is 0 Å². The summed E-state index contributed by atoms with van der Waals surface area (Å²) in [5, 5.41) is 3.45. The second kappa shape index (κ2) is 7.27. The van der Waals surface area contributed by atoms with Crippen molar-refractivity contribution in [3.05, 3.63) is 28.8 Å². The van der Waals surface area contributed by atoms with Gasteiger partial charge in [0, 0.05) is 19.8 Å². The maximum absolute atomic E-state index is 12.5. The van der Waals surface area contributed by atoms with Crippen LogP contribution in [0.25, 0.3) is 0 Å². The van der Waals surface area contributed by atoms with E-state index in [2.05, 4.69) is 5.32 Å². The van der Waals surface area contributed by atoms with Gasteiger partial charge >= 0.3 is 0 Å². The number of rotatable bonds is 3. The molecule has 1 fully saturated rings. The summed E-state index contributed by atoms with van der Waals surface area (Å²) < 4.78 is 5.31. The smallest absolute Gasteiger partial charge is 0.232 e. The van der Waals surface area contributed by atoms with E-state index >= 15 is 0 Å². The van der Waals surface area contributed by atoms with Crippen molar-refractivity contribution in [3.8, 4) is 0 Å². The summed E-state index contributed by atoms with van der Waals surface area (Å²) in [6.07, 6.45) is 1.30. The van der Waals surface area contributed by atoms with Crippen molar-refractivity contribution in [2.45, 2.75) is 19.8 Å². The van der Waals surface area contributed by atoms with E-state index in [0.29, 0.717) is 43.3 Å². The minimum atomic E-state index is -0.536. The zero-order valence-electron chi connectivity index (χ0n) is 11.4. The van der Waals surface area contributed by atoms with Crippen molar-refractivity contribution in [2.75, 3.05) is 25.1 Å². The third-order valence-corrected chi connectivity index (χ3v) is 4.02. The van der Waals surface area contributed by atoms with E-state index < -0.39 is 5.41 Å². The minimum Gasteiger partial charge on any atom is -0.381 e. The maximum Gasteiger partial charge on any atom is 0.232 e. The average Bonchev–Trinajstić information content (AvgIpc) is 2.43. The molecule has 4 nitrogen and oxygen atoms in total. The lowest BCUT2D eigenvalue weighted by Gasteiger charge is -2.34. The molecule has 1 aliphatic heterocycles. The Bertz CT molecular complexity index is 474. The van der Waals surface area contributed by atoms with Crippen LogP contribution in [0.2, 0.25) is 5.02 Å². The van der Waals surface area contributed by atoms with Crippen LogP contribution in [0.3, 0.4) is 0 Å². The molecule has 1 amide bonds. The molecule has 1 aliphatic rings. The summed E-state index contributed by atoms with van der Waals surface area (Å²) in [5.74, 6) is -0.0641. The highest BCUT2D eigenvalue weighted by atomic mass is 35.5. The average molecular weight is 319 g/mol. The zero-order valence-corrected chi connectivity index (χ0v) is 13.0. The normalized spacial score (nSPS) is 17.1. The molecule has 0 aromatic heterocycles. The van der Waals surface area contributed by atoms with Crippen molar-refractivity contribution < 1.29 is 9.53 Å². The van der Waals surface area contributed by atoms with Gasteiger partial charge in [-0.2, -0.15) is 0 Å². The number of aryl methyl sites for hydroxylation is 1. The van der Waals surface area contributed by atoms with Crippen molar-refractivity contribution in [1.82, 2.24) is 0 Å². The first-order valence-corrected chi connectivity index (χ1v) is 6.81. The summed E-state index contributed by atoms with van der Waals surface area (Å²) >= 11 is 6.10. The first-order valence-electron chi connectivity index (χ1n) is 6.43. The third kappa shape index (κ3) is 3.64. The Hall–Kier alpha value is -0.810. The van der Waals surface area contributed by atoms with Crippen LogP contribution in [0.15, 0.2) is 18.2 Å². The van der Waals surface area contributed by atoms with Gasteiger partial charge in [0.15, 0.2) is 0 Å². The van der Waals surface area contributed by atoms with Gasteiger partial charge < -0.3 is 15.8 Å². The van der Waals surface area contributed by atoms with E-state index in [1.54, 1.807) is 6.07 Å². The fourth-order valence-corrected chi connectivity index (χ4v) is 2.44. The molecule has 0 bridgehead atoms. The Morgan fingerprint density at radius 3 is 2.70 bits per heavy atom. The monoisotopic (exact) mass is 318 g/mol. The predicted molar refractivity (Wildman–Crippen MR) is 83.6 cm³/mol. The molecule has 6 heteroatoms. The van der Waals surface area contributed by atoms with Gasteiger partial charge in [0.1, 0.15) is 0 Å². The SMILES string of the molecule is Cc1ccc(Cl)c(NC(=O)C2(CN)CCOCC2)c1.Cl. The molecule has 1 saturated heterocycles. The number of nitrogens with one attached hydrogen (secondary N) is 1. The van der Waals surface area contributed by atoms with Crippen molar-refractivity contribution in [2.24, 2.45) is 11.1 Å². The van der Waals surface area contributed by atoms with Crippen LogP contribution in [0.4, 0.5) is 5.69 Å². The lowest BCUT2D eigenvalue weighted by Crippen LogP contribution is -2.46. The van der Waals surface area contributed by atoms with Gasteiger partial charge in [0.25, 0.3) is 0 Å². The van der Waals surface area contributed by atoms with E-state index in [0.717, 1.165) is 5.56 Å². The van der Waals surface area contributed by atoms with E-state index in [1.165, 1.54) is 0 Å². The molecule has 0 unspecified atom stereocenters. The van der Waals surface area contributed by atoms with Crippen LogP contribution in [-0.4, -0.2) is 25.7 Å². The Kier molecular flexibility index (Phi) is 6.27. The highest BCUT2D eigenvalue weighted by Gasteiger charge is 2.38. The number of carbonyl (C=O) groups excluding carboxylic acids is 1. The van der Waals surface area contributed by atoms with Crippen LogP contribution >= 0.6 is 24.0 Å². The number of carbonyl (C=O) groups is 1. The Morgan fingerprint density at radius 1 is 1.45 bits per heavy atom. The largest absolute Gasteiger partial charge is 0.381 e. The molecular formula is C14H20Cl2N2O2. The molecule has 2 rings (SSSR count). The second-order valence-electron chi connectivity index (χ2n) is 5.03. The first-order chi connectivity index (χ1) is 9.07. The molecule has 0 atom stereocenters. The number of amides is 1. The molecule has 1 aromatic carbocycles. The first kappa shape index (κ1) is 17.2. The summed E-state index contributed by atoms with van der Waals surface area (Å²) in [7, 11) is 0. The minimum absolute atomic E-state index is 0. The van der Waals surface area contributed by atoms with Gasteiger partial charge in [0.05, 0.1) is 16.1 Å². The van der Waals surface area contributed by atoms with Gasteiger partial charge in [0.2, 0.25) is 5.91 Å². The fourth-order valence-electron chi connectivity index (χ4n) is 2.28. The highest BCUT2D eigenvalue weighted by molar-refractivity contribution is 6.33. The Labute approximate surface area is 130 Å². The van der Waals surface area contributed by atoms with Gasteiger partial charge in [-0.1, -0.05) is 17.7 Å². The molecule has 112 valence electrons. The highest BCUT2D eigenvalue weighted by Crippen LogP contribution is 2.32. The van der Waals surface area contributed by atoms with Gasteiger partial charge in [-0.15, -0.1) is 12.4 Å². The number of hydrogen-bond donors (Lipinski definition) is 2. The Morgan fingerprint density at radius 2 is 2.10 bits per heavy atom. The van der Waals surface area contributed by atoms with E-state index in [9.17, 15) is 4.79 Å². The molecule has 1 aromatic rings. The van der Waals surface area contributed by atoms with Crippen LogP contribution in [-0.2, 0) is 9.53 Å². The van der Waals surface area contributed by atoms with Gasteiger partial charge in [-0.25, -0.2) is 0 Å². The summed E-state index contributed by atoms with van der Waals surface area (Å²) in [5.41, 5.74) is 6.97. The van der Waals surface area contributed by atoms with Crippen LogP contribution in [0, 0.1) is 12.3 Å². The third-order valence-electron chi connectivity index (χ3n) is 3.69. The number of ether oxygens (including phenoxy) is 1. The number of anilines is 1. The fraction of sp³-hybridized carbons (Fsp3) is 0.500. The molecular weight excluding hydrogens is 299 g/mol. The van der Waals surface area contributed by atoms with Crippen LogP contribution in [0.1, 0.15) is 18.4 Å². The number of nitrogens with two attached hydrogens (primary N) is 1. The lowest BCUT2D eigenvalue weighted by molar-refractivity contribution is -0.130. The molecule has 0 spiro atoms. The molecule has 3 N–H and O–H groups in total. The quantitative estimate of drug-likeness (QED) is 0.900. The second-order valence-corrected chi connectivity index (χ2v) is 5.44. The summed E-state index contributed by atoms with van der Waals surface area (Å²) in [6.45, 7) is 3.43. The zero-order chi connectivity index (χ0) is 13.9. The predicted octanol–water partition coefficient (Wildman–Crippen LogP) is 2.76. The van der Waals surface area contributed by atoms with Gasteiger partial charge in [-0.3, -0.25) is 4.79 Å². The molecule has 1 heterocycles. The van der Waals surface area contributed by atoms with E-state index in [1.807, 2.05) is 19.1 Å². The molecule has 0 aliphatic carbocycles. The Balaban J connectivity index is 0.00000200. The van der Waals surface area contributed by atoms with Crippen molar-refractivity contribution in [1.29, 1.82) is 0 Å². The molecule has 20 heavy (non-hydrogen) atoms. The topological polar surface area (TPSA) is 64.4 Å². The summed E-state index contributed by atoms with van der Waals surface area (Å²) in [4.78, 5) is 12.5. The maximum atomic E-state index is 12.5. The standard InChI is InChI=1S/C14H19ClN2O2.ClH/c1-10-2-3-11(15)12(8-10)17-13(18)14(9-16)4-6-19-7-5-14;/h2-3,8H,4-7,9,16H2,1H3,(H,17,18);1H. The lowest BCUT2D eigenvalue weighted by atomic mass is 9.79. The van der Waals surface area contributed by atoms with E-state index in [-0.39, 0.29) is 18.3 Å². The summed E-state index contributed by atoms with van der Waals surface area (Å²) in [6, 6.07) is 5.56. The number of hydrogen-bond acceptors (Lipinski definition) is 3. The van der Waals surface area contributed by atoms with Crippen LogP contribution < -0.4 is 11.1 Å². The van der Waals surface area contributed by atoms with Gasteiger partial charge in [-0.05, 0) is 37.5 Å². The number of benzene rings is 1. The number of halogens is 2. The molecule has 0 saturated carbocycles. The van der Waals surface area contributed by atoms with Crippen molar-refractivity contribution >= 4 is 35.6 Å². The molecule has 0 radical (unpaired) electrons.